The van der Waals surface area contributed by atoms with E-state index in [2.05, 4.69) is 16.4 Å². The van der Waals surface area contributed by atoms with Crippen LogP contribution in [0.25, 0.3) is 10.2 Å². The lowest BCUT2D eigenvalue weighted by molar-refractivity contribution is 0.102. The molecule has 0 atom stereocenters. The topological polar surface area (TPSA) is 65.8 Å². The highest BCUT2D eigenvalue weighted by Crippen LogP contribution is 2.30. The van der Waals surface area contributed by atoms with Crippen LogP contribution in [-0.4, -0.2) is 10.9 Å². The Morgan fingerprint density at radius 1 is 1.27 bits per heavy atom. The van der Waals surface area contributed by atoms with E-state index >= 15 is 0 Å². The van der Waals surface area contributed by atoms with Crippen LogP contribution in [0.5, 0.6) is 0 Å². The molecule has 1 aromatic heterocycles. The van der Waals surface area contributed by atoms with E-state index in [1.807, 2.05) is 26.0 Å². The van der Waals surface area contributed by atoms with Gasteiger partial charge in [0.15, 0.2) is 5.13 Å². The van der Waals surface area contributed by atoms with Crippen LogP contribution >= 0.6 is 11.3 Å². The van der Waals surface area contributed by atoms with Gasteiger partial charge in [-0.2, -0.15) is 5.26 Å². The van der Waals surface area contributed by atoms with Crippen molar-refractivity contribution >= 4 is 32.6 Å². The molecule has 1 amide bonds. The van der Waals surface area contributed by atoms with Gasteiger partial charge in [-0.15, -0.1) is 0 Å². The lowest BCUT2D eigenvalue weighted by Gasteiger charge is -2.01. The van der Waals surface area contributed by atoms with E-state index in [1.54, 1.807) is 24.3 Å². The first kappa shape index (κ1) is 14.2. The fraction of sp³-hybridized carbons (Fsp3) is 0.118. The number of nitriles is 1. The molecule has 0 fully saturated rings. The van der Waals surface area contributed by atoms with Gasteiger partial charge in [0.1, 0.15) is 0 Å². The molecule has 3 rings (SSSR count). The number of nitrogens with one attached hydrogen (secondary N) is 1. The first-order valence-electron chi connectivity index (χ1n) is 6.76. The summed E-state index contributed by atoms with van der Waals surface area (Å²) in [6.45, 7) is 4.06. The van der Waals surface area contributed by atoms with Crippen molar-refractivity contribution in [1.82, 2.24) is 4.98 Å². The highest BCUT2D eigenvalue weighted by atomic mass is 32.1. The van der Waals surface area contributed by atoms with Gasteiger partial charge in [-0.1, -0.05) is 23.5 Å². The largest absolute Gasteiger partial charge is 0.298 e. The second kappa shape index (κ2) is 5.58. The van der Waals surface area contributed by atoms with E-state index in [0.29, 0.717) is 16.3 Å². The zero-order valence-corrected chi connectivity index (χ0v) is 13.0. The summed E-state index contributed by atoms with van der Waals surface area (Å²) in [5, 5.41) is 12.3. The zero-order valence-electron chi connectivity index (χ0n) is 12.2. The van der Waals surface area contributed by atoms with Crippen molar-refractivity contribution in [3.63, 3.8) is 0 Å². The van der Waals surface area contributed by atoms with Crippen LogP contribution in [-0.2, 0) is 0 Å². The SMILES string of the molecule is Cc1cc(C)c2sc(NC(=O)c3cccc(C#N)c3)nc2c1. The van der Waals surface area contributed by atoms with Crippen LogP contribution in [0.15, 0.2) is 36.4 Å². The van der Waals surface area contributed by atoms with Crippen LogP contribution in [0.3, 0.4) is 0 Å². The number of carbonyl (C=O) groups excluding carboxylic acids is 1. The normalized spacial score (nSPS) is 10.4. The molecular formula is C17H13N3OS. The Morgan fingerprint density at radius 3 is 2.86 bits per heavy atom. The van der Waals surface area contributed by atoms with Gasteiger partial charge in [0, 0.05) is 5.56 Å². The van der Waals surface area contributed by atoms with Crippen molar-refractivity contribution in [2.45, 2.75) is 13.8 Å². The molecule has 3 aromatic rings. The first-order chi connectivity index (χ1) is 10.6. The van der Waals surface area contributed by atoms with E-state index in [9.17, 15) is 4.79 Å². The number of aromatic nitrogens is 1. The predicted molar refractivity (Wildman–Crippen MR) is 88.2 cm³/mol. The van der Waals surface area contributed by atoms with Crippen LogP contribution in [0.2, 0.25) is 0 Å². The van der Waals surface area contributed by atoms with Crippen molar-refractivity contribution in [1.29, 1.82) is 5.26 Å². The van der Waals surface area contributed by atoms with Crippen LogP contribution in [0.4, 0.5) is 5.13 Å². The van der Waals surface area contributed by atoms with E-state index in [0.717, 1.165) is 21.3 Å². The Labute approximate surface area is 132 Å². The zero-order chi connectivity index (χ0) is 15.7. The molecule has 4 nitrogen and oxygen atoms in total. The molecule has 0 saturated heterocycles. The highest BCUT2D eigenvalue weighted by molar-refractivity contribution is 7.22. The molecular weight excluding hydrogens is 294 g/mol. The van der Waals surface area contributed by atoms with E-state index in [1.165, 1.54) is 11.3 Å². The second-order valence-electron chi connectivity index (χ2n) is 5.10. The number of aryl methyl sites for hydroxylation is 2. The van der Waals surface area contributed by atoms with Crippen LogP contribution < -0.4 is 5.32 Å². The number of anilines is 1. The maximum atomic E-state index is 12.3. The van der Waals surface area contributed by atoms with Gasteiger partial charge in [-0.05, 0) is 49.2 Å². The summed E-state index contributed by atoms with van der Waals surface area (Å²) in [4.78, 5) is 16.7. The van der Waals surface area contributed by atoms with Gasteiger partial charge >= 0.3 is 0 Å². The Morgan fingerprint density at radius 2 is 2.09 bits per heavy atom. The van der Waals surface area contributed by atoms with E-state index < -0.39 is 0 Å². The van der Waals surface area contributed by atoms with Crippen molar-refractivity contribution in [2.75, 3.05) is 5.32 Å². The van der Waals surface area contributed by atoms with Crippen molar-refractivity contribution in [2.24, 2.45) is 0 Å². The van der Waals surface area contributed by atoms with Gasteiger partial charge < -0.3 is 0 Å². The van der Waals surface area contributed by atoms with Gasteiger partial charge in [0.05, 0.1) is 21.8 Å². The smallest absolute Gasteiger partial charge is 0.257 e. The highest BCUT2D eigenvalue weighted by Gasteiger charge is 2.11. The molecule has 1 heterocycles. The maximum Gasteiger partial charge on any atom is 0.257 e. The average Bonchev–Trinajstić information content (AvgIpc) is 2.90. The van der Waals surface area contributed by atoms with Crippen molar-refractivity contribution < 1.29 is 4.79 Å². The molecule has 22 heavy (non-hydrogen) atoms. The fourth-order valence-electron chi connectivity index (χ4n) is 2.33. The predicted octanol–water partition coefficient (Wildman–Crippen LogP) is 4.04. The third kappa shape index (κ3) is 2.69. The quantitative estimate of drug-likeness (QED) is 0.777. The lowest BCUT2D eigenvalue weighted by atomic mass is 10.1. The first-order valence-corrected chi connectivity index (χ1v) is 7.58. The number of thiazole rings is 1. The number of carbonyl (C=O) groups is 1. The Bertz CT molecular complexity index is 921. The molecule has 1 N–H and O–H groups in total. The minimum atomic E-state index is -0.259. The third-order valence-corrected chi connectivity index (χ3v) is 4.42. The lowest BCUT2D eigenvalue weighted by Crippen LogP contribution is -2.11. The molecule has 0 radical (unpaired) electrons. The number of nitrogens with zero attached hydrogens (tertiary/aromatic N) is 2. The number of hydrogen-bond donors (Lipinski definition) is 1. The summed E-state index contributed by atoms with van der Waals surface area (Å²) in [6.07, 6.45) is 0. The van der Waals surface area contributed by atoms with Gasteiger partial charge in [-0.3, -0.25) is 10.1 Å². The summed E-state index contributed by atoms with van der Waals surface area (Å²) in [6, 6.07) is 12.7. The van der Waals surface area contributed by atoms with E-state index in [-0.39, 0.29) is 5.91 Å². The summed E-state index contributed by atoms with van der Waals surface area (Å²) < 4.78 is 1.08. The number of benzene rings is 2. The van der Waals surface area contributed by atoms with Crippen molar-refractivity contribution in [3.8, 4) is 6.07 Å². The average molecular weight is 307 g/mol. The minimum Gasteiger partial charge on any atom is -0.298 e. The molecule has 5 heteroatoms. The molecule has 2 aromatic carbocycles. The summed E-state index contributed by atoms with van der Waals surface area (Å²) in [7, 11) is 0. The number of rotatable bonds is 2. The number of amides is 1. The Balaban J connectivity index is 1.91. The molecule has 0 spiro atoms. The molecule has 108 valence electrons. The van der Waals surface area contributed by atoms with Crippen LogP contribution in [0.1, 0.15) is 27.0 Å². The van der Waals surface area contributed by atoms with Crippen LogP contribution in [0, 0.1) is 25.2 Å². The summed E-state index contributed by atoms with van der Waals surface area (Å²) in [5.74, 6) is -0.259. The molecule has 0 aliphatic heterocycles. The number of hydrogen-bond acceptors (Lipinski definition) is 4. The number of fused-ring (bicyclic) bond motifs is 1. The maximum absolute atomic E-state index is 12.3. The molecule has 0 saturated carbocycles. The molecule has 0 unspecified atom stereocenters. The molecule has 0 bridgehead atoms. The standard InChI is InChI=1S/C17H13N3OS/c1-10-6-11(2)15-14(7-10)19-17(22-15)20-16(21)13-5-3-4-12(8-13)9-18/h3-8H,1-2H3,(H,19,20,21). The van der Waals surface area contributed by atoms with Gasteiger partial charge in [-0.25, -0.2) is 4.98 Å². The Hall–Kier alpha value is -2.71. The monoisotopic (exact) mass is 307 g/mol. The summed E-state index contributed by atoms with van der Waals surface area (Å²) >= 11 is 1.46. The third-order valence-electron chi connectivity index (χ3n) is 3.29. The second-order valence-corrected chi connectivity index (χ2v) is 6.09. The van der Waals surface area contributed by atoms with Gasteiger partial charge in [0.2, 0.25) is 0 Å². The van der Waals surface area contributed by atoms with E-state index in [4.69, 9.17) is 5.26 Å². The summed E-state index contributed by atoms with van der Waals surface area (Å²) in [5.41, 5.74) is 4.10. The Kier molecular flexibility index (Phi) is 3.61. The van der Waals surface area contributed by atoms with Gasteiger partial charge in [0.25, 0.3) is 5.91 Å². The minimum absolute atomic E-state index is 0.259. The fourth-order valence-corrected chi connectivity index (χ4v) is 3.24. The van der Waals surface area contributed by atoms with Crippen molar-refractivity contribution in [3.05, 3.63) is 58.7 Å². The molecule has 0 aliphatic carbocycles. The molecule has 0 aliphatic rings.